The largest absolute Gasteiger partial charge is 0.389 e. The number of nitrogens with zero attached hydrogens (tertiary/aromatic N) is 1. The number of nitrogen functional groups attached to an aromatic ring is 1. The number of carbonyl (C=O) groups is 1. The van der Waals surface area contributed by atoms with Crippen molar-refractivity contribution in [3.8, 4) is 0 Å². The fourth-order valence-corrected chi connectivity index (χ4v) is 2.09. The molecule has 0 aliphatic rings. The molecule has 1 aromatic rings. The number of anilines is 2. The number of amides is 1. The Morgan fingerprint density at radius 2 is 2.11 bits per heavy atom. The number of hydrogen-bond donors (Lipinski definition) is 3. The molecule has 0 aliphatic heterocycles. The molecule has 5 nitrogen and oxygen atoms in total. The molecule has 4 N–H and O–H groups in total. The summed E-state index contributed by atoms with van der Waals surface area (Å²) in [7, 11) is 1.65. The van der Waals surface area contributed by atoms with Crippen molar-refractivity contribution in [3.05, 3.63) is 4.88 Å². The van der Waals surface area contributed by atoms with Gasteiger partial charge in [0.1, 0.15) is 10.7 Å². The van der Waals surface area contributed by atoms with Crippen molar-refractivity contribution in [1.29, 1.82) is 0 Å². The fraction of sp³-hybridized carbons (Fsp3) is 0.600. The topological polar surface area (TPSA) is 80.0 Å². The number of nitrogens with one attached hydrogen (secondary N) is 2. The molecule has 0 radical (unpaired) electrons. The van der Waals surface area contributed by atoms with Crippen LogP contribution in [0.5, 0.6) is 0 Å². The SMILES string of the molecule is CNc1nc(N)c(C(=O)NCCCCC(F)(F)F)s1. The molecule has 108 valence electrons. The Morgan fingerprint density at radius 1 is 1.42 bits per heavy atom. The molecule has 0 atom stereocenters. The maximum atomic E-state index is 11.9. The van der Waals surface area contributed by atoms with E-state index in [2.05, 4.69) is 15.6 Å². The maximum absolute atomic E-state index is 11.9. The molecule has 0 fully saturated rings. The summed E-state index contributed by atoms with van der Waals surface area (Å²) >= 11 is 1.10. The van der Waals surface area contributed by atoms with Crippen molar-refractivity contribution < 1.29 is 18.0 Å². The fourth-order valence-electron chi connectivity index (χ4n) is 1.33. The van der Waals surface area contributed by atoms with Crippen LogP contribution in [0.2, 0.25) is 0 Å². The lowest BCUT2D eigenvalue weighted by Gasteiger charge is -2.06. The molecule has 0 saturated heterocycles. The predicted molar refractivity (Wildman–Crippen MR) is 68.3 cm³/mol. The van der Waals surface area contributed by atoms with E-state index in [1.807, 2.05) is 0 Å². The monoisotopic (exact) mass is 296 g/mol. The molecule has 19 heavy (non-hydrogen) atoms. The summed E-state index contributed by atoms with van der Waals surface area (Å²) in [4.78, 5) is 15.9. The lowest BCUT2D eigenvalue weighted by atomic mass is 10.2. The summed E-state index contributed by atoms with van der Waals surface area (Å²) < 4.78 is 35.7. The normalized spacial score (nSPS) is 11.4. The average Bonchev–Trinajstić information content (AvgIpc) is 2.68. The molecule has 0 bridgehead atoms. The van der Waals surface area contributed by atoms with Crippen LogP contribution in [0.15, 0.2) is 0 Å². The lowest BCUT2D eigenvalue weighted by Crippen LogP contribution is -2.24. The Morgan fingerprint density at radius 3 is 2.63 bits per heavy atom. The molecule has 1 heterocycles. The van der Waals surface area contributed by atoms with E-state index in [9.17, 15) is 18.0 Å². The van der Waals surface area contributed by atoms with Crippen LogP contribution >= 0.6 is 11.3 Å². The number of carbonyl (C=O) groups excluding carboxylic acids is 1. The third kappa shape index (κ3) is 5.33. The van der Waals surface area contributed by atoms with E-state index in [1.54, 1.807) is 7.05 Å². The van der Waals surface area contributed by atoms with Gasteiger partial charge in [-0.3, -0.25) is 4.79 Å². The van der Waals surface area contributed by atoms with Crippen LogP contribution in [-0.4, -0.2) is 30.7 Å². The van der Waals surface area contributed by atoms with Gasteiger partial charge in [-0.15, -0.1) is 0 Å². The second kappa shape index (κ2) is 6.60. The van der Waals surface area contributed by atoms with E-state index in [1.165, 1.54) is 0 Å². The van der Waals surface area contributed by atoms with Crippen molar-refractivity contribution in [2.75, 3.05) is 24.6 Å². The average molecular weight is 296 g/mol. The number of aromatic nitrogens is 1. The molecule has 9 heteroatoms. The highest BCUT2D eigenvalue weighted by molar-refractivity contribution is 7.18. The first-order valence-corrected chi connectivity index (χ1v) is 6.44. The van der Waals surface area contributed by atoms with Gasteiger partial charge in [-0.1, -0.05) is 11.3 Å². The lowest BCUT2D eigenvalue weighted by molar-refractivity contribution is -0.135. The first-order valence-electron chi connectivity index (χ1n) is 5.62. The smallest absolute Gasteiger partial charge is 0.382 e. The van der Waals surface area contributed by atoms with Crippen LogP contribution < -0.4 is 16.4 Å². The van der Waals surface area contributed by atoms with Crippen LogP contribution in [0.3, 0.4) is 0 Å². The van der Waals surface area contributed by atoms with Gasteiger partial charge in [0.25, 0.3) is 5.91 Å². The van der Waals surface area contributed by atoms with Gasteiger partial charge in [-0.2, -0.15) is 13.2 Å². The van der Waals surface area contributed by atoms with Crippen LogP contribution in [0.4, 0.5) is 24.1 Å². The Balaban J connectivity index is 2.33. The Bertz CT molecular complexity index is 433. The summed E-state index contributed by atoms with van der Waals surface area (Å²) in [6.45, 7) is 0.182. The molecule has 0 unspecified atom stereocenters. The minimum atomic E-state index is -4.15. The van der Waals surface area contributed by atoms with Crippen LogP contribution in [-0.2, 0) is 0 Å². The Hall–Kier alpha value is -1.51. The van der Waals surface area contributed by atoms with Crippen molar-refractivity contribution in [1.82, 2.24) is 10.3 Å². The van der Waals surface area contributed by atoms with Crippen LogP contribution in [0.25, 0.3) is 0 Å². The van der Waals surface area contributed by atoms with E-state index in [-0.39, 0.29) is 30.1 Å². The summed E-state index contributed by atoms with van der Waals surface area (Å²) in [6.07, 6.45) is -4.73. The zero-order valence-electron chi connectivity index (χ0n) is 10.3. The van der Waals surface area contributed by atoms with E-state index >= 15 is 0 Å². The van der Waals surface area contributed by atoms with Gasteiger partial charge < -0.3 is 16.4 Å². The number of rotatable bonds is 6. The maximum Gasteiger partial charge on any atom is 0.389 e. The second-order valence-electron chi connectivity index (χ2n) is 3.81. The molecule has 1 aromatic heterocycles. The van der Waals surface area contributed by atoms with E-state index in [4.69, 9.17) is 5.73 Å². The highest BCUT2D eigenvalue weighted by Crippen LogP contribution is 2.24. The third-order valence-electron chi connectivity index (χ3n) is 2.25. The summed E-state index contributed by atoms with van der Waals surface area (Å²) in [6, 6.07) is 0. The molecule has 0 spiro atoms. The number of nitrogens with two attached hydrogens (primary N) is 1. The van der Waals surface area contributed by atoms with Crippen molar-refractivity contribution in [2.24, 2.45) is 0 Å². The van der Waals surface area contributed by atoms with Gasteiger partial charge in [-0.25, -0.2) is 4.98 Å². The summed E-state index contributed by atoms with van der Waals surface area (Å²) in [5.74, 6) is -0.300. The van der Waals surface area contributed by atoms with Crippen molar-refractivity contribution >= 4 is 28.2 Å². The van der Waals surface area contributed by atoms with Crippen molar-refractivity contribution in [3.63, 3.8) is 0 Å². The van der Waals surface area contributed by atoms with Gasteiger partial charge in [0.05, 0.1) is 0 Å². The van der Waals surface area contributed by atoms with E-state index in [0.29, 0.717) is 5.13 Å². The van der Waals surface area contributed by atoms with Gasteiger partial charge in [0.2, 0.25) is 0 Å². The molecule has 0 aromatic carbocycles. The molecular weight excluding hydrogens is 281 g/mol. The molecule has 0 saturated carbocycles. The van der Waals surface area contributed by atoms with Gasteiger partial charge >= 0.3 is 6.18 Å². The van der Waals surface area contributed by atoms with Gasteiger partial charge in [-0.05, 0) is 12.8 Å². The highest BCUT2D eigenvalue weighted by Gasteiger charge is 2.25. The number of unbranched alkanes of at least 4 members (excludes halogenated alkanes) is 1. The standard InChI is InChI=1S/C10H15F3N4OS/c1-15-9-17-7(14)6(19-9)8(18)16-5-3-2-4-10(11,12)13/h2-5,14H2,1H3,(H,15,17)(H,16,18). The Kier molecular flexibility index (Phi) is 5.40. The summed E-state index contributed by atoms with van der Waals surface area (Å²) in [5.41, 5.74) is 5.56. The number of hydrogen-bond acceptors (Lipinski definition) is 5. The number of alkyl halides is 3. The van der Waals surface area contributed by atoms with Gasteiger partial charge in [0, 0.05) is 20.0 Å². The van der Waals surface area contributed by atoms with E-state index in [0.717, 1.165) is 11.3 Å². The predicted octanol–water partition coefficient (Wildman–Crippen LogP) is 2.23. The van der Waals surface area contributed by atoms with Crippen LogP contribution in [0.1, 0.15) is 28.9 Å². The number of thiazole rings is 1. The minimum Gasteiger partial charge on any atom is -0.382 e. The summed E-state index contributed by atoms with van der Waals surface area (Å²) in [5, 5.41) is 5.79. The van der Waals surface area contributed by atoms with E-state index < -0.39 is 18.5 Å². The zero-order valence-corrected chi connectivity index (χ0v) is 11.1. The zero-order chi connectivity index (χ0) is 14.5. The molecular formula is C10H15F3N4OS. The molecule has 0 aliphatic carbocycles. The minimum absolute atomic E-state index is 0.0102. The highest BCUT2D eigenvalue weighted by atomic mass is 32.1. The molecule has 1 amide bonds. The second-order valence-corrected chi connectivity index (χ2v) is 4.81. The quantitative estimate of drug-likeness (QED) is 0.703. The Labute approximate surface area is 112 Å². The number of halogens is 3. The van der Waals surface area contributed by atoms with Crippen molar-refractivity contribution in [2.45, 2.75) is 25.4 Å². The first kappa shape index (κ1) is 15.5. The van der Waals surface area contributed by atoms with Crippen LogP contribution in [0, 0.1) is 0 Å². The third-order valence-corrected chi connectivity index (χ3v) is 3.33. The first-order chi connectivity index (χ1) is 8.83. The van der Waals surface area contributed by atoms with Gasteiger partial charge in [0.15, 0.2) is 5.13 Å². The molecule has 1 rings (SSSR count).